The summed E-state index contributed by atoms with van der Waals surface area (Å²) in [6.07, 6.45) is 1.58. The molecule has 3 N–H and O–H groups in total. The number of amides is 2. The third-order valence-corrected chi connectivity index (χ3v) is 4.84. The first-order valence-corrected chi connectivity index (χ1v) is 8.85. The predicted octanol–water partition coefficient (Wildman–Crippen LogP) is 2.90. The maximum Gasteiger partial charge on any atom is 0.291 e. The first-order valence-electron chi connectivity index (χ1n) is 8.10. The molecule has 0 bridgehead atoms. The monoisotopic (exact) mass is 418 g/mol. The summed E-state index contributed by atoms with van der Waals surface area (Å²) in [6.45, 7) is -0.0774. The van der Waals surface area contributed by atoms with E-state index in [2.05, 4.69) is 20.6 Å². The number of aromatic nitrogens is 1. The largest absolute Gasteiger partial charge is 0.506 e. The molecule has 0 fully saturated rings. The van der Waals surface area contributed by atoms with E-state index in [0.29, 0.717) is 38.8 Å². The van der Waals surface area contributed by atoms with Crippen LogP contribution in [0.4, 0.5) is 5.69 Å². The molecule has 0 atom stereocenters. The molecule has 10 heteroatoms. The van der Waals surface area contributed by atoms with Gasteiger partial charge in [0.25, 0.3) is 5.91 Å². The second-order valence-electron chi connectivity index (χ2n) is 6.04. The van der Waals surface area contributed by atoms with Crippen molar-refractivity contribution in [1.29, 1.82) is 0 Å². The summed E-state index contributed by atoms with van der Waals surface area (Å²) in [6, 6.07) is 6.32. The quantitative estimate of drug-likeness (QED) is 0.601. The number of hydrogen-bond donors (Lipinski definition) is 3. The number of aromatic hydroxyl groups is 1. The molecular weight excluding hydrogens is 407 g/mol. The number of aliphatic imine (C=N–C) groups is 1. The number of halogens is 2. The zero-order chi connectivity index (χ0) is 19.8. The Morgan fingerprint density at radius 1 is 1.29 bits per heavy atom. The van der Waals surface area contributed by atoms with Gasteiger partial charge in [-0.2, -0.15) is 0 Å². The number of carbonyl (C=O) groups excluding carboxylic acids is 2. The van der Waals surface area contributed by atoms with Crippen LogP contribution in [0.3, 0.4) is 0 Å². The van der Waals surface area contributed by atoms with Gasteiger partial charge in [0.05, 0.1) is 0 Å². The minimum Gasteiger partial charge on any atom is -0.506 e. The van der Waals surface area contributed by atoms with Crippen molar-refractivity contribution in [2.24, 2.45) is 4.99 Å². The summed E-state index contributed by atoms with van der Waals surface area (Å²) in [7, 11) is 0. The number of fused-ring (bicyclic) bond motifs is 1. The van der Waals surface area contributed by atoms with E-state index in [1.54, 1.807) is 18.2 Å². The summed E-state index contributed by atoms with van der Waals surface area (Å²) >= 11 is 12.8. The first-order chi connectivity index (χ1) is 13.4. The molecule has 0 aliphatic carbocycles. The normalized spacial score (nSPS) is 13.5. The van der Waals surface area contributed by atoms with Crippen LogP contribution in [0.15, 0.2) is 40.1 Å². The molecule has 0 radical (unpaired) electrons. The topological polar surface area (TPSA) is 117 Å². The molecule has 0 saturated heterocycles. The first kappa shape index (κ1) is 18.3. The van der Waals surface area contributed by atoms with Gasteiger partial charge in [0.15, 0.2) is 23.3 Å². The smallest absolute Gasteiger partial charge is 0.291 e. The third-order valence-electron chi connectivity index (χ3n) is 4.16. The zero-order valence-electron chi connectivity index (χ0n) is 14.1. The van der Waals surface area contributed by atoms with Crippen LogP contribution in [0.5, 0.6) is 5.75 Å². The Kier molecular flexibility index (Phi) is 4.66. The lowest BCUT2D eigenvalue weighted by Gasteiger charge is -2.12. The number of amidine groups is 1. The van der Waals surface area contributed by atoms with Crippen molar-refractivity contribution in [1.82, 2.24) is 10.3 Å². The third kappa shape index (κ3) is 3.39. The van der Waals surface area contributed by atoms with E-state index in [1.165, 1.54) is 12.5 Å². The summed E-state index contributed by atoms with van der Waals surface area (Å²) in [5.74, 6) is -0.945. The average Bonchev–Trinajstić information content (AvgIpc) is 3.29. The molecular formula is C18H12Cl2N4O4. The number of nitrogens with zero attached hydrogens (tertiary/aromatic N) is 2. The Bertz CT molecular complexity index is 1130. The van der Waals surface area contributed by atoms with Gasteiger partial charge in [-0.05, 0) is 23.8 Å². The van der Waals surface area contributed by atoms with Gasteiger partial charge in [0, 0.05) is 27.7 Å². The summed E-state index contributed by atoms with van der Waals surface area (Å²) in [5, 5.41) is 15.5. The highest BCUT2D eigenvalue weighted by molar-refractivity contribution is 6.46. The Hall–Kier alpha value is -3.10. The molecule has 28 heavy (non-hydrogen) atoms. The SMILES string of the molecule is O=C1CN=C(C(=O)Nc2cc(Cl)c(Cc3ccc(O)c4ncoc34)c(Cl)c2)N1. The number of anilines is 1. The van der Waals surface area contributed by atoms with E-state index in [9.17, 15) is 14.7 Å². The molecule has 142 valence electrons. The molecule has 2 amide bonds. The van der Waals surface area contributed by atoms with E-state index < -0.39 is 5.91 Å². The van der Waals surface area contributed by atoms with Crippen LogP contribution in [0, 0.1) is 0 Å². The molecule has 3 aromatic rings. The van der Waals surface area contributed by atoms with Crippen LogP contribution in [0.2, 0.25) is 10.0 Å². The van der Waals surface area contributed by atoms with Crippen LogP contribution < -0.4 is 10.6 Å². The van der Waals surface area contributed by atoms with Gasteiger partial charge in [-0.15, -0.1) is 0 Å². The van der Waals surface area contributed by atoms with Crippen molar-refractivity contribution in [2.75, 3.05) is 11.9 Å². The maximum atomic E-state index is 12.1. The maximum absolute atomic E-state index is 12.1. The van der Waals surface area contributed by atoms with Crippen molar-refractivity contribution < 1.29 is 19.1 Å². The van der Waals surface area contributed by atoms with Crippen molar-refractivity contribution in [3.05, 3.63) is 51.8 Å². The summed E-state index contributed by atoms with van der Waals surface area (Å²) in [4.78, 5) is 31.1. The Morgan fingerprint density at radius 3 is 2.71 bits per heavy atom. The van der Waals surface area contributed by atoms with Gasteiger partial charge in [-0.25, -0.2) is 4.98 Å². The second-order valence-corrected chi connectivity index (χ2v) is 6.85. The highest BCUT2D eigenvalue weighted by atomic mass is 35.5. The van der Waals surface area contributed by atoms with E-state index in [1.807, 2.05) is 0 Å². The lowest BCUT2D eigenvalue weighted by molar-refractivity contribution is -0.118. The predicted molar refractivity (Wildman–Crippen MR) is 104 cm³/mol. The van der Waals surface area contributed by atoms with Gasteiger partial charge in [-0.1, -0.05) is 29.3 Å². The molecule has 0 unspecified atom stereocenters. The van der Waals surface area contributed by atoms with Crippen LogP contribution >= 0.6 is 23.2 Å². The number of rotatable bonds is 4. The fourth-order valence-corrected chi connectivity index (χ4v) is 3.47. The molecule has 0 saturated carbocycles. The molecule has 8 nitrogen and oxygen atoms in total. The zero-order valence-corrected chi connectivity index (χ0v) is 15.6. The lowest BCUT2D eigenvalue weighted by Crippen LogP contribution is -2.34. The minimum atomic E-state index is -0.562. The van der Waals surface area contributed by atoms with Crippen molar-refractivity contribution >= 4 is 57.6 Å². The van der Waals surface area contributed by atoms with Crippen molar-refractivity contribution in [3.63, 3.8) is 0 Å². The highest BCUT2D eigenvalue weighted by Crippen LogP contribution is 2.34. The summed E-state index contributed by atoms with van der Waals surface area (Å²) < 4.78 is 5.36. The van der Waals surface area contributed by atoms with Crippen molar-refractivity contribution in [3.8, 4) is 5.75 Å². The standard InChI is InChI=1S/C18H12Cl2N4O4/c19-11-4-9(23-18(27)17-21-6-14(26)24-17)5-12(20)10(11)3-8-1-2-13(25)15-16(8)28-7-22-15/h1-2,4-5,7,25H,3,6H2,(H,23,27)(H,21,24,26). The number of oxazole rings is 1. The fourth-order valence-electron chi connectivity index (χ4n) is 2.85. The molecule has 1 aliphatic heterocycles. The number of hydrogen-bond acceptors (Lipinski definition) is 6. The number of benzene rings is 2. The minimum absolute atomic E-state index is 0.0182. The Balaban J connectivity index is 1.59. The van der Waals surface area contributed by atoms with Gasteiger partial charge >= 0.3 is 0 Å². The van der Waals surface area contributed by atoms with E-state index in [4.69, 9.17) is 27.6 Å². The van der Waals surface area contributed by atoms with Gasteiger partial charge in [-0.3, -0.25) is 14.6 Å². The number of nitrogens with one attached hydrogen (secondary N) is 2. The lowest BCUT2D eigenvalue weighted by atomic mass is 10.0. The number of carbonyl (C=O) groups is 2. The second kappa shape index (κ2) is 7.14. The summed E-state index contributed by atoms with van der Waals surface area (Å²) in [5.41, 5.74) is 2.53. The molecule has 2 heterocycles. The van der Waals surface area contributed by atoms with E-state index >= 15 is 0 Å². The molecule has 2 aromatic carbocycles. The molecule has 0 spiro atoms. The van der Waals surface area contributed by atoms with Gasteiger partial charge in [0.2, 0.25) is 5.91 Å². The van der Waals surface area contributed by atoms with Crippen LogP contribution in [0.1, 0.15) is 11.1 Å². The fraction of sp³-hybridized carbons (Fsp3) is 0.111. The van der Waals surface area contributed by atoms with Crippen LogP contribution in [-0.4, -0.2) is 34.3 Å². The average molecular weight is 419 g/mol. The Labute approximate surface area is 168 Å². The molecule has 1 aliphatic rings. The van der Waals surface area contributed by atoms with Gasteiger partial charge in [0.1, 0.15) is 12.3 Å². The van der Waals surface area contributed by atoms with E-state index in [-0.39, 0.29) is 24.0 Å². The number of phenols is 1. The number of phenolic OH excluding ortho intramolecular Hbond substituents is 1. The Morgan fingerprint density at radius 2 is 2.04 bits per heavy atom. The van der Waals surface area contributed by atoms with E-state index in [0.717, 1.165) is 5.56 Å². The van der Waals surface area contributed by atoms with Crippen molar-refractivity contribution in [2.45, 2.75) is 6.42 Å². The van der Waals surface area contributed by atoms with Crippen LogP contribution in [-0.2, 0) is 16.0 Å². The molecule has 1 aromatic heterocycles. The van der Waals surface area contributed by atoms with Gasteiger partial charge < -0.3 is 20.2 Å². The van der Waals surface area contributed by atoms with Crippen LogP contribution in [0.25, 0.3) is 11.1 Å². The highest BCUT2D eigenvalue weighted by Gasteiger charge is 2.21. The molecule has 4 rings (SSSR count).